The van der Waals surface area contributed by atoms with Gasteiger partial charge in [0.05, 0.1) is 6.20 Å². The highest BCUT2D eigenvalue weighted by Crippen LogP contribution is 2.22. The van der Waals surface area contributed by atoms with E-state index in [4.69, 9.17) is 5.73 Å². The Kier molecular flexibility index (Phi) is 3.90. The van der Waals surface area contributed by atoms with E-state index in [-0.39, 0.29) is 5.56 Å². The second-order valence-corrected chi connectivity index (χ2v) is 6.07. The summed E-state index contributed by atoms with van der Waals surface area (Å²) in [5.41, 5.74) is 8.99. The molecule has 0 fully saturated rings. The number of fused-ring (bicyclic) bond motifs is 1. The Balaban J connectivity index is 1.86. The third-order valence-corrected chi connectivity index (χ3v) is 4.12. The minimum absolute atomic E-state index is 0.235. The number of hydrogen-bond donors (Lipinski definition) is 2. The Hall–Kier alpha value is -2.63. The number of nitrogens with one attached hydrogen (secondary N) is 1. The first-order valence-corrected chi connectivity index (χ1v) is 7.66. The molecule has 0 saturated heterocycles. The van der Waals surface area contributed by atoms with Gasteiger partial charge in [-0.15, -0.1) is 0 Å². The quantitative estimate of drug-likeness (QED) is 0.894. The number of benzene rings is 1. The maximum atomic E-state index is 12.6. The Morgan fingerprint density at radius 2 is 2.04 bits per heavy atom. The molecule has 2 aromatic rings. The van der Waals surface area contributed by atoms with Crippen LogP contribution in [0.15, 0.2) is 29.2 Å². The lowest BCUT2D eigenvalue weighted by Gasteiger charge is -2.13. The van der Waals surface area contributed by atoms with Crippen LogP contribution in [0.5, 0.6) is 0 Å². The fourth-order valence-electron chi connectivity index (χ4n) is 3.16. The van der Waals surface area contributed by atoms with Crippen molar-refractivity contribution in [1.29, 1.82) is 0 Å². The fraction of sp³-hybridized carbons (Fsp3) is 0.353. The topological polar surface area (TPSA) is 90.0 Å². The van der Waals surface area contributed by atoms with E-state index >= 15 is 0 Å². The Bertz CT molecular complexity index is 806. The predicted molar refractivity (Wildman–Crippen MR) is 88.3 cm³/mol. The molecular weight excluding hydrogens is 292 g/mol. The summed E-state index contributed by atoms with van der Waals surface area (Å²) in [5.74, 6) is 0.134. The molecule has 6 heteroatoms. The SMILES string of the molecule is Cc1cc(C)cc(CNc2cnc3n(c2=O)[C@H](C(N)=O)CC3)c1. The molecule has 0 radical (unpaired) electrons. The van der Waals surface area contributed by atoms with Gasteiger partial charge in [-0.1, -0.05) is 29.3 Å². The maximum absolute atomic E-state index is 12.6. The van der Waals surface area contributed by atoms with E-state index in [1.165, 1.54) is 15.7 Å². The van der Waals surface area contributed by atoms with Crippen LogP contribution >= 0.6 is 0 Å². The average molecular weight is 312 g/mol. The average Bonchev–Trinajstić information content (AvgIpc) is 2.90. The first-order valence-electron chi connectivity index (χ1n) is 7.66. The summed E-state index contributed by atoms with van der Waals surface area (Å²) in [5, 5.41) is 3.12. The summed E-state index contributed by atoms with van der Waals surface area (Å²) in [6.45, 7) is 4.61. The number of aromatic nitrogens is 2. The molecule has 0 bridgehead atoms. The molecule has 0 spiro atoms. The highest BCUT2D eigenvalue weighted by Gasteiger charge is 2.29. The monoisotopic (exact) mass is 312 g/mol. The van der Waals surface area contributed by atoms with E-state index in [9.17, 15) is 9.59 Å². The Labute approximate surface area is 134 Å². The van der Waals surface area contributed by atoms with Crippen LogP contribution in [-0.4, -0.2) is 15.5 Å². The molecule has 1 aliphatic heterocycles. The van der Waals surface area contributed by atoms with Crippen molar-refractivity contribution in [3.63, 3.8) is 0 Å². The van der Waals surface area contributed by atoms with Gasteiger partial charge in [-0.3, -0.25) is 14.2 Å². The van der Waals surface area contributed by atoms with Gasteiger partial charge in [0, 0.05) is 13.0 Å². The Morgan fingerprint density at radius 1 is 1.35 bits per heavy atom. The highest BCUT2D eigenvalue weighted by atomic mass is 16.2. The second kappa shape index (κ2) is 5.87. The molecule has 1 atom stereocenters. The molecule has 0 saturated carbocycles. The van der Waals surface area contributed by atoms with Crippen molar-refractivity contribution < 1.29 is 4.79 Å². The van der Waals surface area contributed by atoms with Crippen LogP contribution in [0.1, 0.15) is 35.0 Å². The first kappa shape index (κ1) is 15.3. The smallest absolute Gasteiger partial charge is 0.277 e. The normalized spacial score (nSPS) is 16.2. The van der Waals surface area contributed by atoms with Gasteiger partial charge in [-0.25, -0.2) is 4.98 Å². The molecule has 0 unspecified atom stereocenters. The molecular formula is C17H20N4O2. The number of amides is 1. The zero-order chi connectivity index (χ0) is 16.6. The Morgan fingerprint density at radius 3 is 2.70 bits per heavy atom. The van der Waals surface area contributed by atoms with Gasteiger partial charge in [0.2, 0.25) is 5.91 Å². The molecule has 1 aliphatic rings. The summed E-state index contributed by atoms with van der Waals surface area (Å²) in [6.07, 6.45) is 2.68. The van der Waals surface area contributed by atoms with Gasteiger partial charge in [0.15, 0.2) is 0 Å². The highest BCUT2D eigenvalue weighted by molar-refractivity contribution is 5.79. The number of carbonyl (C=O) groups is 1. The van der Waals surface area contributed by atoms with E-state index in [1.807, 2.05) is 13.8 Å². The molecule has 6 nitrogen and oxygen atoms in total. The minimum atomic E-state index is -0.590. The zero-order valence-electron chi connectivity index (χ0n) is 13.3. The largest absolute Gasteiger partial charge is 0.375 e. The summed E-state index contributed by atoms with van der Waals surface area (Å²) in [6, 6.07) is 5.66. The minimum Gasteiger partial charge on any atom is -0.375 e. The van der Waals surface area contributed by atoms with E-state index in [0.29, 0.717) is 30.9 Å². The molecule has 3 rings (SSSR count). The molecule has 1 aromatic carbocycles. The number of nitrogens with zero attached hydrogens (tertiary/aromatic N) is 2. The number of aryl methyl sites for hydroxylation is 3. The first-order chi connectivity index (χ1) is 11.0. The van der Waals surface area contributed by atoms with Crippen LogP contribution in [0.4, 0.5) is 5.69 Å². The van der Waals surface area contributed by atoms with Gasteiger partial charge in [0.1, 0.15) is 17.6 Å². The standard InChI is InChI=1S/C17H20N4O2/c1-10-5-11(2)7-12(6-10)8-19-13-9-20-15-4-3-14(16(18)22)21(15)17(13)23/h5-7,9,14,19H,3-4,8H2,1-2H3,(H2,18,22)/t14-/m0/s1. The van der Waals surface area contributed by atoms with Crippen LogP contribution in [-0.2, 0) is 17.8 Å². The lowest BCUT2D eigenvalue weighted by Crippen LogP contribution is -2.33. The van der Waals surface area contributed by atoms with Gasteiger partial charge in [0.25, 0.3) is 5.56 Å². The number of primary amides is 1. The van der Waals surface area contributed by atoms with Crippen molar-refractivity contribution in [2.75, 3.05) is 5.32 Å². The van der Waals surface area contributed by atoms with Gasteiger partial charge in [-0.2, -0.15) is 0 Å². The number of nitrogens with two attached hydrogens (primary N) is 1. The lowest BCUT2D eigenvalue weighted by atomic mass is 10.1. The van der Waals surface area contributed by atoms with E-state index in [1.54, 1.807) is 6.20 Å². The maximum Gasteiger partial charge on any atom is 0.277 e. The van der Waals surface area contributed by atoms with Crippen molar-refractivity contribution in [1.82, 2.24) is 9.55 Å². The zero-order valence-corrected chi connectivity index (χ0v) is 13.3. The molecule has 2 heterocycles. The molecule has 3 N–H and O–H groups in total. The van der Waals surface area contributed by atoms with Gasteiger partial charge in [-0.05, 0) is 25.8 Å². The second-order valence-electron chi connectivity index (χ2n) is 6.07. The van der Waals surface area contributed by atoms with Crippen LogP contribution in [0, 0.1) is 13.8 Å². The molecule has 23 heavy (non-hydrogen) atoms. The van der Waals surface area contributed by atoms with Crippen molar-refractivity contribution in [3.05, 3.63) is 57.3 Å². The van der Waals surface area contributed by atoms with Gasteiger partial charge >= 0.3 is 0 Å². The summed E-state index contributed by atoms with van der Waals surface area (Å²) < 4.78 is 1.42. The van der Waals surface area contributed by atoms with Crippen molar-refractivity contribution in [2.24, 2.45) is 5.73 Å². The van der Waals surface area contributed by atoms with Crippen LogP contribution in [0.3, 0.4) is 0 Å². The molecule has 1 amide bonds. The summed E-state index contributed by atoms with van der Waals surface area (Å²) >= 11 is 0. The van der Waals surface area contributed by atoms with Crippen molar-refractivity contribution in [2.45, 2.75) is 39.3 Å². The van der Waals surface area contributed by atoms with Crippen LogP contribution < -0.4 is 16.6 Å². The lowest BCUT2D eigenvalue weighted by molar-refractivity contribution is -0.121. The third kappa shape index (κ3) is 2.97. The predicted octanol–water partition coefficient (Wildman–Crippen LogP) is 1.44. The number of hydrogen-bond acceptors (Lipinski definition) is 4. The van der Waals surface area contributed by atoms with Crippen molar-refractivity contribution in [3.8, 4) is 0 Å². The fourth-order valence-corrected chi connectivity index (χ4v) is 3.16. The van der Waals surface area contributed by atoms with E-state index in [0.717, 1.165) is 5.56 Å². The molecule has 0 aliphatic carbocycles. The number of anilines is 1. The molecule has 1 aromatic heterocycles. The van der Waals surface area contributed by atoms with E-state index < -0.39 is 11.9 Å². The van der Waals surface area contributed by atoms with Crippen molar-refractivity contribution >= 4 is 11.6 Å². The van der Waals surface area contributed by atoms with Gasteiger partial charge < -0.3 is 11.1 Å². The molecule has 120 valence electrons. The van der Waals surface area contributed by atoms with Crippen LogP contribution in [0.2, 0.25) is 0 Å². The van der Waals surface area contributed by atoms with E-state index in [2.05, 4.69) is 28.5 Å². The number of rotatable bonds is 4. The number of carbonyl (C=O) groups excluding carboxylic acids is 1. The third-order valence-electron chi connectivity index (χ3n) is 4.12. The summed E-state index contributed by atoms with van der Waals surface area (Å²) in [7, 11) is 0. The summed E-state index contributed by atoms with van der Waals surface area (Å²) in [4.78, 5) is 28.4. The van der Waals surface area contributed by atoms with Crippen LogP contribution in [0.25, 0.3) is 0 Å².